The summed E-state index contributed by atoms with van der Waals surface area (Å²) in [6.45, 7) is 4.52. The fourth-order valence-corrected chi connectivity index (χ4v) is 5.20. The van der Waals surface area contributed by atoms with E-state index >= 15 is 0 Å². The molecule has 1 aliphatic rings. The number of pyridine rings is 2. The molecule has 41 heavy (non-hydrogen) atoms. The number of tetrazole rings is 1. The number of rotatable bonds is 10. The Labute approximate surface area is 236 Å². The smallest absolute Gasteiger partial charge is 0.252 e. The number of H-pyrrole nitrogens is 1. The first kappa shape index (κ1) is 26.5. The second-order valence-corrected chi connectivity index (χ2v) is 9.94. The first-order valence-corrected chi connectivity index (χ1v) is 13.6. The van der Waals surface area contributed by atoms with E-state index in [0.717, 1.165) is 34.5 Å². The van der Waals surface area contributed by atoms with Crippen molar-refractivity contribution in [2.45, 2.75) is 39.0 Å². The van der Waals surface area contributed by atoms with Crippen molar-refractivity contribution in [1.29, 1.82) is 0 Å². The molecule has 1 N–H and O–H groups in total. The number of benzene rings is 2. The molecule has 210 valence electrons. The molecule has 1 aliphatic heterocycles. The third kappa shape index (κ3) is 5.75. The van der Waals surface area contributed by atoms with Crippen LogP contribution >= 0.6 is 0 Å². The number of methoxy groups -OCH3 is 1. The van der Waals surface area contributed by atoms with E-state index in [1.165, 1.54) is 0 Å². The van der Waals surface area contributed by atoms with Gasteiger partial charge in [-0.2, -0.15) is 0 Å². The fourth-order valence-electron chi connectivity index (χ4n) is 5.20. The summed E-state index contributed by atoms with van der Waals surface area (Å²) in [5.74, 6) is 2.84. The quantitative estimate of drug-likeness (QED) is 0.275. The lowest BCUT2D eigenvalue weighted by atomic mass is 10.1. The van der Waals surface area contributed by atoms with E-state index in [9.17, 15) is 4.79 Å². The maximum atomic E-state index is 13.3. The van der Waals surface area contributed by atoms with Crippen LogP contribution in [0.3, 0.4) is 0 Å². The summed E-state index contributed by atoms with van der Waals surface area (Å²) >= 11 is 0. The van der Waals surface area contributed by atoms with Crippen LogP contribution in [-0.4, -0.2) is 55.4 Å². The number of nitrogens with zero attached hydrogens (tertiary/aromatic N) is 6. The molecule has 0 bridgehead atoms. The largest absolute Gasteiger partial charge is 0.497 e. The van der Waals surface area contributed by atoms with Gasteiger partial charge in [0.05, 0.1) is 25.2 Å². The zero-order valence-corrected chi connectivity index (χ0v) is 23.0. The summed E-state index contributed by atoms with van der Waals surface area (Å²) in [6.07, 6.45) is 4.32. The van der Waals surface area contributed by atoms with Crippen LogP contribution in [0.15, 0.2) is 71.8 Å². The first-order valence-electron chi connectivity index (χ1n) is 13.6. The standard InChI is InChI=1S/C30H31N7O4/c1-3-26(29-33-34-35-37(29)18-20-6-8-24(39-2)9-7-20)36(17-21-5-4-10-31-16-21)19-23-13-22-14-27-28(41-12-11-40-27)15-25(22)32-30(23)38/h4-10,13-16,26H,3,11-12,17-19H2,1-2H3,(H,32,38). The molecule has 0 aliphatic carbocycles. The van der Waals surface area contributed by atoms with Crippen LogP contribution in [0.2, 0.25) is 0 Å². The highest BCUT2D eigenvalue weighted by atomic mass is 16.6. The molecule has 0 fully saturated rings. The number of ether oxygens (including phenoxy) is 3. The first-order chi connectivity index (χ1) is 20.1. The van der Waals surface area contributed by atoms with Crippen molar-refractivity contribution in [3.05, 3.63) is 99.9 Å². The molecule has 2 aromatic carbocycles. The third-order valence-corrected chi connectivity index (χ3v) is 7.24. The Bertz CT molecular complexity index is 1690. The average molecular weight is 554 g/mol. The van der Waals surface area contributed by atoms with Crippen LogP contribution in [-0.2, 0) is 19.6 Å². The predicted octanol–water partition coefficient (Wildman–Crippen LogP) is 3.89. The van der Waals surface area contributed by atoms with Crippen molar-refractivity contribution >= 4 is 10.9 Å². The van der Waals surface area contributed by atoms with Crippen LogP contribution in [0.4, 0.5) is 0 Å². The van der Waals surface area contributed by atoms with Gasteiger partial charge in [-0.3, -0.25) is 14.7 Å². The number of hydrogen-bond acceptors (Lipinski definition) is 9. The molecule has 4 heterocycles. The lowest BCUT2D eigenvalue weighted by Crippen LogP contribution is -2.32. The van der Waals surface area contributed by atoms with Crippen molar-refractivity contribution in [2.24, 2.45) is 0 Å². The monoisotopic (exact) mass is 553 g/mol. The van der Waals surface area contributed by atoms with Crippen molar-refractivity contribution < 1.29 is 14.2 Å². The maximum Gasteiger partial charge on any atom is 0.252 e. The molecule has 0 saturated heterocycles. The molecule has 1 atom stereocenters. The van der Waals surface area contributed by atoms with E-state index in [1.807, 2.05) is 65.5 Å². The number of hydrogen-bond donors (Lipinski definition) is 1. The van der Waals surface area contributed by atoms with Gasteiger partial charge in [-0.15, -0.1) is 5.10 Å². The minimum atomic E-state index is -0.168. The van der Waals surface area contributed by atoms with Crippen LogP contribution in [0.1, 0.15) is 41.9 Å². The normalized spacial score (nSPS) is 13.4. The minimum Gasteiger partial charge on any atom is -0.497 e. The zero-order valence-electron chi connectivity index (χ0n) is 23.0. The molecule has 0 amide bonds. The molecular formula is C30H31N7O4. The van der Waals surface area contributed by atoms with E-state index in [2.05, 4.69) is 37.3 Å². The second-order valence-electron chi connectivity index (χ2n) is 9.94. The number of fused-ring (bicyclic) bond motifs is 2. The molecule has 0 saturated carbocycles. The highest BCUT2D eigenvalue weighted by Crippen LogP contribution is 2.34. The lowest BCUT2D eigenvalue weighted by Gasteiger charge is -2.30. The average Bonchev–Trinajstić information content (AvgIpc) is 3.45. The Hall–Kier alpha value is -4.77. The Morgan fingerprint density at radius 2 is 1.85 bits per heavy atom. The van der Waals surface area contributed by atoms with Crippen molar-refractivity contribution in [3.8, 4) is 17.2 Å². The highest BCUT2D eigenvalue weighted by Gasteiger charge is 2.26. The van der Waals surface area contributed by atoms with Gasteiger partial charge in [-0.1, -0.05) is 25.1 Å². The van der Waals surface area contributed by atoms with E-state index in [4.69, 9.17) is 14.2 Å². The third-order valence-electron chi connectivity index (χ3n) is 7.24. The fraction of sp³-hybridized carbons (Fsp3) is 0.300. The summed E-state index contributed by atoms with van der Waals surface area (Å²) in [5, 5.41) is 13.7. The Morgan fingerprint density at radius 1 is 1.05 bits per heavy atom. The number of nitrogens with one attached hydrogen (secondary N) is 1. The van der Waals surface area contributed by atoms with Gasteiger partial charge in [-0.25, -0.2) is 4.68 Å². The number of aromatic nitrogens is 6. The van der Waals surface area contributed by atoms with Crippen molar-refractivity contribution in [3.63, 3.8) is 0 Å². The van der Waals surface area contributed by atoms with Crippen molar-refractivity contribution in [2.75, 3.05) is 20.3 Å². The van der Waals surface area contributed by atoms with Crippen LogP contribution in [0.25, 0.3) is 10.9 Å². The van der Waals surface area contributed by atoms with Gasteiger partial charge in [0, 0.05) is 42.5 Å². The van der Waals surface area contributed by atoms with Gasteiger partial charge in [0.1, 0.15) is 19.0 Å². The molecule has 1 unspecified atom stereocenters. The summed E-state index contributed by atoms with van der Waals surface area (Å²) < 4.78 is 18.6. The molecule has 0 radical (unpaired) electrons. The van der Waals surface area contributed by atoms with Gasteiger partial charge in [0.2, 0.25) is 0 Å². The van der Waals surface area contributed by atoms with Gasteiger partial charge >= 0.3 is 0 Å². The second kappa shape index (κ2) is 11.8. The topological polar surface area (TPSA) is 120 Å². The summed E-state index contributed by atoms with van der Waals surface area (Å²) in [4.78, 5) is 22.9. The summed E-state index contributed by atoms with van der Waals surface area (Å²) in [6, 6.07) is 17.3. The Morgan fingerprint density at radius 3 is 2.59 bits per heavy atom. The highest BCUT2D eigenvalue weighted by molar-refractivity contribution is 5.83. The lowest BCUT2D eigenvalue weighted by molar-refractivity contribution is 0.161. The van der Waals surface area contributed by atoms with Gasteiger partial charge in [-0.05, 0) is 58.3 Å². The van der Waals surface area contributed by atoms with Crippen molar-refractivity contribution in [1.82, 2.24) is 35.1 Å². The minimum absolute atomic E-state index is 0.155. The van der Waals surface area contributed by atoms with Crippen LogP contribution in [0, 0.1) is 0 Å². The predicted molar refractivity (Wildman–Crippen MR) is 152 cm³/mol. The van der Waals surface area contributed by atoms with E-state index in [1.54, 1.807) is 13.3 Å². The van der Waals surface area contributed by atoms with Crippen LogP contribution in [0.5, 0.6) is 17.2 Å². The molecule has 11 nitrogen and oxygen atoms in total. The van der Waals surface area contributed by atoms with E-state index < -0.39 is 0 Å². The van der Waals surface area contributed by atoms with Crippen LogP contribution < -0.4 is 19.8 Å². The molecule has 3 aromatic heterocycles. The molecular weight excluding hydrogens is 522 g/mol. The maximum absolute atomic E-state index is 13.3. The molecule has 5 aromatic rings. The zero-order chi connectivity index (χ0) is 28.2. The summed E-state index contributed by atoms with van der Waals surface area (Å²) in [5.41, 5.74) is 3.26. The summed E-state index contributed by atoms with van der Waals surface area (Å²) in [7, 11) is 1.65. The van der Waals surface area contributed by atoms with E-state index in [-0.39, 0.29) is 11.6 Å². The molecule has 6 rings (SSSR count). The van der Waals surface area contributed by atoms with E-state index in [0.29, 0.717) is 55.4 Å². The Balaban J connectivity index is 1.34. The molecule has 0 spiro atoms. The van der Waals surface area contributed by atoms with Gasteiger partial charge in [0.15, 0.2) is 17.3 Å². The molecule has 11 heteroatoms. The van der Waals surface area contributed by atoms with Gasteiger partial charge < -0.3 is 19.2 Å². The SMILES string of the molecule is CCC(c1nnnn1Cc1ccc(OC)cc1)N(Cc1cccnc1)Cc1cc2cc3c(cc2[nH]c1=O)OCCO3. The number of aromatic amines is 1. The Kier molecular flexibility index (Phi) is 7.59. The van der Waals surface area contributed by atoms with Gasteiger partial charge in [0.25, 0.3) is 5.56 Å².